The van der Waals surface area contributed by atoms with E-state index in [1.165, 1.54) is 6.42 Å². The van der Waals surface area contributed by atoms with E-state index < -0.39 is 9.84 Å². The summed E-state index contributed by atoms with van der Waals surface area (Å²) in [4.78, 5) is 17.0. The van der Waals surface area contributed by atoms with E-state index in [9.17, 15) is 13.2 Å². The third kappa shape index (κ3) is 5.46. The molecule has 2 saturated heterocycles. The summed E-state index contributed by atoms with van der Waals surface area (Å²) in [6, 6.07) is 9.18. The van der Waals surface area contributed by atoms with Gasteiger partial charge in [0.15, 0.2) is 22.3 Å². The largest absolute Gasteiger partial charge is 0.484 e. The molecule has 2 aliphatic rings. The minimum atomic E-state index is -3.13. The Bertz CT molecular complexity index is 1060. The van der Waals surface area contributed by atoms with Gasteiger partial charge < -0.3 is 19.0 Å². The van der Waals surface area contributed by atoms with Crippen LogP contribution in [0, 0.1) is 13.8 Å². The van der Waals surface area contributed by atoms with Gasteiger partial charge in [-0.05, 0) is 68.9 Å². The molecule has 1 atom stereocenters. The van der Waals surface area contributed by atoms with Crippen LogP contribution < -0.4 is 9.64 Å². The molecule has 8 heteroatoms. The number of hydrogen-bond donors (Lipinski definition) is 0. The summed E-state index contributed by atoms with van der Waals surface area (Å²) in [5.74, 6) is 1.97. The molecular weight excluding hydrogens is 428 g/mol. The highest BCUT2D eigenvalue weighted by molar-refractivity contribution is 7.91. The molecule has 0 spiro atoms. The van der Waals surface area contributed by atoms with Gasteiger partial charge >= 0.3 is 0 Å². The van der Waals surface area contributed by atoms with Crippen molar-refractivity contribution in [2.75, 3.05) is 36.1 Å². The predicted octanol–water partition coefficient (Wildman–Crippen LogP) is 3.48. The Kier molecular flexibility index (Phi) is 6.79. The standard InChI is InChI=1S/C24H32N2O5S/c1-18-6-7-21(14-19(18)2)30-16-23(27)26(20-10-13-32(28,29)17-20)15-22-8-9-24(31-22)25-11-4-3-5-12-25/h6-9,14,20H,3-5,10-13,15-17H2,1-2H3. The fraction of sp³-hybridized carbons (Fsp3) is 0.542. The van der Waals surface area contributed by atoms with Crippen molar-refractivity contribution in [2.45, 2.75) is 52.1 Å². The summed E-state index contributed by atoms with van der Waals surface area (Å²) >= 11 is 0. The van der Waals surface area contributed by atoms with E-state index in [1.807, 2.05) is 44.2 Å². The molecule has 3 heterocycles. The average Bonchev–Trinajstić information content (AvgIpc) is 3.39. The number of carbonyl (C=O) groups excluding carboxylic acids is 1. The van der Waals surface area contributed by atoms with Gasteiger partial charge in [0.05, 0.1) is 18.1 Å². The van der Waals surface area contributed by atoms with Crippen LogP contribution in [-0.2, 0) is 21.2 Å². The van der Waals surface area contributed by atoms with Crippen LogP contribution in [0.25, 0.3) is 0 Å². The summed E-state index contributed by atoms with van der Waals surface area (Å²) in [6.07, 6.45) is 3.98. The number of carbonyl (C=O) groups is 1. The minimum absolute atomic E-state index is 0.0118. The van der Waals surface area contributed by atoms with E-state index in [-0.39, 0.29) is 36.6 Å². The molecule has 0 radical (unpaired) electrons. The van der Waals surface area contributed by atoms with Crippen molar-refractivity contribution in [3.05, 3.63) is 47.2 Å². The van der Waals surface area contributed by atoms with Gasteiger partial charge in [0.2, 0.25) is 0 Å². The fourth-order valence-electron chi connectivity index (χ4n) is 4.38. The molecule has 1 aromatic carbocycles. The summed E-state index contributed by atoms with van der Waals surface area (Å²) < 4.78 is 36.0. The number of furan rings is 1. The molecule has 2 aliphatic heterocycles. The molecule has 4 rings (SSSR count). The Hall–Kier alpha value is -2.48. The lowest BCUT2D eigenvalue weighted by Crippen LogP contribution is -2.43. The Morgan fingerprint density at radius 1 is 1.12 bits per heavy atom. The molecule has 32 heavy (non-hydrogen) atoms. The first kappa shape index (κ1) is 22.7. The lowest BCUT2D eigenvalue weighted by Gasteiger charge is -2.28. The zero-order chi connectivity index (χ0) is 22.7. The third-order valence-electron chi connectivity index (χ3n) is 6.45. The number of piperidine rings is 1. The first-order chi connectivity index (χ1) is 15.3. The second-order valence-corrected chi connectivity index (χ2v) is 11.1. The summed E-state index contributed by atoms with van der Waals surface area (Å²) in [5, 5.41) is 0. The molecule has 2 fully saturated rings. The number of aryl methyl sites for hydroxylation is 2. The van der Waals surface area contributed by atoms with E-state index in [0.717, 1.165) is 42.9 Å². The van der Waals surface area contributed by atoms with Crippen LogP contribution >= 0.6 is 0 Å². The van der Waals surface area contributed by atoms with Crippen molar-refractivity contribution >= 4 is 21.6 Å². The smallest absolute Gasteiger partial charge is 0.261 e. The molecule has 7 nitrogen and oxygen atoms in total. The zero-order valence-electron chi connectivity index (χ0n) is 18.9. The van der Waals surface area contributed by atoms with E-state index in [0.29, 0.717) is 17.9 Å². The number of benzene rings is 1. The molecule has 174 valence electrons. The highest BCUT2D eigenvalue weighted by Gasteiger charge is 2.35. The third-order valence-corrected chi connectivity index (χ3v) is 8.20. The Morgan fingerprint density at radius 2 is 1.91 bits per heavy atom. The molecule has 1 amide bonds. The molecule has 1 aromatic heterocycles. The van der Waals surface area contributed by atoms with Crippen LogP contribution in [0.2, 0.25) is 0 Å². The van der Waals surface area contributed by atoms with Crippen LogP contribution in [0.3, 0.4) is 0 Å². The Balaban J connectivity index is 1.46. The summed E-state index contributed by atoms with van der Waals surface area (Å²) in [7, 11) is -3.13. The van der Waals surface area contributed by atoms with E-state index in [2.05, 4.69) is 4.90 Å². The maximum absolute atomic E-state index is 13.1. The van der Waals surface area contributed by atoms with Crippen LogP contribution in [0.4, 0.5) is 5.88 Å². The van der Waals surface area contributed by atoms with Crippen molar-refractivity contribution in [2.24, 2.45) is 0 Å². The van der Waals surface area contributed by atoms with Gasteiger partial charge in [0.1, 0.15) is 11.5 Å². The SMILES string of the molecule is Cc1ccc(OCC(=O)N(Cc2ccc(N3CCCCC3)o2)C2CCS(=O)(=O)C2)cc1C. The highest BCUT2D eigenvalue weighted by atomic mass is 32.2. The lowest BCUT2D eigenvalue weighted by atomic mass is 10.1. The van der Waals surface area contributed by atoms with E-state index in [4.69, 9.17) is 9.15 Å². The first-order valence-electron chi connectivity index (χ1n) is 11.3. The molecule has 0 aliphatic carbocycles. The number of nitrogens with zero attached hydrogens (tertiary/aromatic N) is 2. The molecule has 0 N–H and O–H groups in total. The lowest BCUT2D eigenvalue weighted by molar-refractivity contribution is -0.136. The van der Waals surface area contributed by atoms with E-state index in [1.54, 1.807) is 4.90 Å². The van der Waals surface area contributed by atoms with Crippen LogP contribution in [0.5, 0.6) is 5.75 Å². The van der Waals surface area contributed by atoms with E-state index >= 15 is 0 Å². The van der Waals surface area contributed by atoms with Crippen molar-refractivity contribution in [1.29, 1.82) is 0 Å². The molecular formula is C24H32N2O5S. The highest BCUT2D eigenvalue weighted by Crippen LogP contribution is 2.26. The van der Waals surface area contributed by atoms with Gasteiger partial charge in [0, 0.05) is 25.2 Å². The van der Waals surface area contributed by atoms with Gasteiger partial charge in [-0.15, -0.1) is 0 Å². The number of hydrogen-bond acceptors (Lipinski definition) is 6. The summed E-state index contributed by atoms with van der Waals surface area (Å²) in [5.41, 5.74) is 2.25. The summed E-state index contributed by atoms with van der Waals surface area (Å²) in [6.45, 7) is 6.06. The quantitative estimate of drug-likeness (QED) is 0.629. The topological polar surface area (TPSA) is 80.1 Å². The van der Waals surface area contributed by atoms with Crippen molar-refractivity contribution in [3.63, 3.8) is 0 Å². The average molecular weight is 461 g/mol. The number of ether oxygens (including phenoxy) is 1. The number of rotatable bonds is 7. The van der Waals surface area contributed by atoms with Gasteiger partial charge in [-0.2, -0.15) is 0 Å². The van der Waals surface area contributed by atoms with Gasteiger partial charge in [-0.3, -0.25) is 4.79 Å². The molecule has 2 aromatic rings. The fourth-order valence-corrected chi connectivity index (χ4v) is 6.11. The predicted molar refractivity (Wildman–Crippen MR) is 124 cm³/mol. The molecule has 0 saturated carbocycles. The maximum atomic E-state index is 13.1. The minimum Gasteiger partial charge on any atom is -0.484 e. The second kappa shape index (κ2) is 9.57. The normalized spacial score (nSPS) is 20.3. The van der Waals surface area contributed by atoms with Crippen molar-refractivity contribution < 1.29 is 22.4 Å². The number of anilines is 1. The monoisotopic (exact) mass is 460 g/mol. The van der Waals surface area contributed by atoms with Crippen molar-refractivity contribution in [1.82, 2.24) is 4.90 Å². The van der Waals surface area contributed by atoms with Gasteiger partial charge in [-0.1, -0.05) is 6.07 Å². The Labute approximate surface area is 190 Å². The van der Waals surface area contributed by atoms with Gasteiger partial charge in [0.25, 0.3) is 5.91 Å². The first-order valence-corrected chi connectivity index (χ1v) is 13.2. The second-order valence-electron chi connectivity index (χ2n) is 8.90. The molecule has 0 bridgehead atoms. The number of amides is 1. The molecule has 1 unspecified atom stereocenters. The Morgan fingerprint density at radius 3 is 2.59 bits per heavy atom. The van der Waals surface area contributed by atoms with Gasteiger partial charge in [-0.25, -0.2) is 8.42 Å². The van der Waals surface area contributed by atoms with Crippen LogP contribution in [0.1, 0.15) is 42.6 Å². The number of sulfone groups is 1. The van der Waals surface area contributed by atoms with Crippen LogP contribution in [-0.4, -0.2) is 56.5 Å². The zero-order valence-corrected chi connectivity index (χ0v) is 19.7. The maximum Gasteiger partial charge on any atom is 0.261 e. The van der Waals surface area contributed by atoms with Crippen molar-refractivity contribution in [3.8, 4) is 5.75 Å². The van der Waals surface area contributed by atoms with Crippen LogP contribution in [0.15, 0.2) is 34.7 Å².